The zero-order valence-electron chi connectivity index (χ0n) is 28.9. The van der Waals surface area contributed by atoms with Crippen molar-refractivity contribution in [3.8, 4) is 0 Å². The monoisotopic (exact) mass is 742 g/mol. The van der Waals surface area contributed by atoms with Crippen LogP contribution in [0.25, 0.3) is 12.2 Å². The van der Waals surface area contributed by atoms with E-state index in [0.717, 1.165) is 83.9 Å². The van der Waals surface area contributed by atoms with E-state index in [2.05, 4.69) is 30.7 Å². The van der Waals surface area contributed by atoms with Gasteiger partial charge in [-0.3, -0.25) is 9.59 Å². The molecule has 1 N–H and O–H groups in total. The lowest BCUT2D eigenvalue weighted by Crippen LogP contribution is -2.36. The lowest BCUT2D eigenvalue weighted by molar-refractivity contribution is -0.135. The molecule has 0 unspecified atom stereocenters. The van der Waals surface area contributed by atoms with Gasteiger partial charge >= 0.3 is 11.9 Å². The smallest absolute Gasteiger partial charge is 0.330 e. The van der Waals surface area contributed by atoms with Crippen molar-refractivity contribution in [2.45, 2.75) is 70.8 Å². The summed E-state index contributed by atoms with van der Waals surface area (Å²) in [7, 11) is 2.69. The van der Waals surface area contributed by atoms with Crippen molar-refractivity contribution in [2.24, 2.45) is 11.8 Å². The SMILES string of the molecule is COC(=O)/C=C/c1cccc(N(Cc2ccc(Br)cc2)C(=O)C2CCCCC2)c1.COC(=O)/C=C/c1cccc(NC(=O)C2CCCCC2)c1. The second-order valence-corrected chi connectivity index (χ2v) is 13.6. The molecule has 50 heavy (non-hydrogen) atoms. The van der Waals surface area contributed by atoms with Crippen molar-refractivity contribution in [1.82, 2.24) is 0 Å². The third-order valence-corrected chi connectivity index (χ3v) is 9.54. The Morgan fingerprint density at radius 2 is 1.26 bits per heavy atom. The number of benzene rings is 3. The second-order valence-electron chi connectivity index (χ2n) is 12.6. The van der Waals surface area contributed by atoms with Crippen molar-refractivity contribution in [3.63, 3.8) is 0 Å². The van der Waals surface area contributed by atoms with Crippen LogP contribution < -0.4 is 10.2 Å². The van der Waals surface area contributed by atoms with E-state index in [1.165, 1.54) is 39.2 Å². The van der Waals surface area contributed by atoms with Gasteiger partial charge in [-0.15, -0.1) is 0 Å². The van der Waals surface area contributed by atoms with E-state index < -0.39 is 11.9 Å². The molecule has 2 aliphatic carbocycles. The highest BCUT2D eigenvalue weighted by molar-refractivity contribution is 9.10. The van der Waals surface area contributed by atoms with Crippen molar-refractivity contribution < 1.29 is 28.7 Å². The molecule has 2 amide bonds. The van der Waals surface area contributed by atoms with Crippen molar-refractivity contribution >= 4 is 63.2 Å². The van der Waals surface area contributed by atoms with E-state index in [4.69, 9.17) is 0 Å². The summed E-state index contributed by atoms with van der Waals surface area (Å²) in [6, 6.07) is 23.2. The van der Waals surface area contributed by atoms with Crippen LogP contribution in [0.1, 0.15) is 80.9 Å². The molecule has 2 fully saturated rings. The fourth-order valence-electron chi connectivity index (χ4n) is 6.23. The first-order valence-corrected chi connectivity index (χ1v) is 18.1. The first kappa shape index (κ1) is 38.3. The molecule has 0 saturated heterocycles. The third kappa shape index (κ3) is 12.4. The van der Waals surface area contributed by atoms with Crippen LogP contribution in [0.3, 0.4) is 0 Å². The number of methoxy groups -OCH3 is 2. The molecule has 0 aromatic heterocycles. The summed E-state index contributed by atoms with van der Waals surface area (Å²) in [6.07, 6.45) is 17.0. The highest BCUT2D eigenvalue weighted by Gasteiger charge is 2.27. The topological polar surface area (TPSA) is 102 Å². The Bertz CT molecular complexity index is 1640. The van der Waals surface area contributed by atoms with Crippen LogP contribution in [0.4, 0.5) is 11.4 Å². The molecule has 8 nitrogen and oxygen atoms in total. The molecule has 0 atom stereocenters. The molecule has 2 saturated carbocycles. The van der Waals surface area contributed by atoms with Gasteiger partial charge in [0.05, 0.1) is 20.8 Å². The van der Waals surface area contributed by atoms with E-state index in [1.807, 2.05) is 77.7 Å². The molecule has 3 aromatic carbocycles. The molecule has 0 aliphatic heterocycles. The van der Waals surface area contributed by atoms with Gasteiger partial charge < -0.3 is 19.7 Å². The molecular formula is C41H47BrN2O6. The molecule has 3 aromatic rings. The van der Waals surface area contributed by atoms with Gasteiger partial charge in [0.25, 0.3) is 0 Å². The van der Waals surface area contributed by atoms with E-state index in [0.29, 0.717) is 6.54 Å². The van der Waals surface area contributed by atoms with Crippen molar-refractivity contribution in [3.05, 3.63) is 106 Å². The summed E-state index contributed by atoms with van der Waals surface area (Å²) in [5, 5.41) is 2.96. The summed E-state index contributed by atoms with van der Waals surface area (Å²) >= 11 is 3.47. The zero-order chi connectivity index (χ0) is 35.7. The molecule has 9 heteroatoms. The van der Waals surface area contributed by atoms with Crippen LogP contribution in [-0.4, -0.2) is 38.0 Å². The van der Waals surface area contributed by atoms with Crippen LogP contribution in [0.2, 0.25) is 0 Å². The number of esters is 2. The minimum Gasteiger partial charge on any atom is -0.466 e. The zero-order valence-corrected chi connectivity index (χ0v) is 30.5. The van der Waals surface area contributed by atoms with Gasteiger partial charge in [0, 0.05) is 39.8 Å². The number of carbonyl (C=O) groups is 4. The lowest BCUT2D eigenvalue weighted by Gasteiger charge is -2.30. The number of carbonyl (C=O) groups excluding carboxylic acids is 4. The summed E-state index contributed by atoms with van der Waals surface area (Å²) in [5.74, 6) is -0.306. The highest BCUT2D eigenvalue weighted by Crippen LogP contribution is 2.30. The van der Waals surface area contributed by atoms with Gasteiger partial charge in [-0.25, -0.2) is 9.59 Å². The van der Waals surface area contributed by atoms with E-state index >= 15 is 0 Å². The Morgan fingerprint density at radius 1 is 0.720 bits per heavy atom. The van der Waals surface area contributed by atoms with Gasteiger partial charge in [-0.1, -0.05) is 90.9 Å². The maximum absolute atomic E-state index is 13.4. The van der Waals surface area contributed by atoms with Gasteiger partial charge in [-0.2, -0.15) is 0 Å². The van der Waals surface area contributed by atoms with Gasteiger partial charge in [0.15, 0.2) is 0 Å². The number of ether oxygens (including phenoxy) is 2. The molecule has 5 rings (SSSR count). The maximum atomic E-state index is 13.4. The Labute approximate surface area is 304 Å². The van der Waals surface area contributed by atoms with Crippen molar-refractivity contribution in [1.29, 1.82) is 0 Å². The minimum absolute atomic E-state index is 0.0773. The summed E-state index contributed by atoms with van der Waals surface area (Å²) < 4.78 is 10.2. The number of nitrogens with one attached hydrogen (secondary N) is 1. The Morgan fingerprint density at radius 3 is 1.84 bits per heavy atom. The number of amides is 2. The standard InChI is InChI=1S/C24H26BrNO3.C17H21NO3/c1-29-23(27)15-12-18-6-5-9-22(16-18)26(17-19-10-13-21(25)14-11-19)24(28)20-7-3-2-4-8-20;1-21-16(19)11-10-13-6-5-9-15(12-13)18-17(20)14-7-3-2-4-8-14/h5-6,9-16,20H,2-4,7-8,17H2,1H3;5-6,9-12,14H,2-4,7-8H2,1H3,(H,18,20)/b15-12+;11-10+. The van der Waals surface area contributed by atoms with Crippen LogP contribution in [-0.2, 0) is 35.2 Å². The Kier molecular flexibility index (Phi) is 15.5. The Hall–Kier alpha value is -4.50. The Balaban J connectivity index is 0.000000237. The van der Waals surface area contributed by atoms with Crippen LogP contribution >= 0.6 is 15.9 Å². The number of nitrogens with zero attached hydrogens (tertiary/aromatic N) is 1. The van der Waals surface area contributed by atoms with Crippen molar-refractivity contribution in [2.75, 3.05) is 24.4 Å². The molecule has 0 spiro atoms. The average Bonchev–Trinajstić information content (AvgIpc) is 3.16. The third-order valence-electron chi connectivity index (χ3n) is 9.01. The molecule has 264 valence electrons. The number of hydrogen-bond donors (Lipinski definition) is 1. The fraction of sp³-hybridized carbons (Fsp3) is 0.366. The molecule has 0 radical (unpaired) electrons. The lowest BCUT2D eigenvalue weighted by atomic mass is 9.88. The predicted molar refractivity (Wildman–Crippen MR) is 202 cm³/mol. The van der Waals surface area contributed by atoms with Gasteiger partial charge in [0.2, 0.25) is 11.8 Å². The summed E-state index contributed by atoms with van der Waals surface area (Å²) in [6.45, 7) is 0.521. The second kappa shape index (κ2) is 20.2. The number of hydrogen-bond acceptors (Lipinski definition) is 6. The normalized spacial score (nSPS) is 15.2. The maximum Gasteiger partial charge on any atom is 0.330 e. The summed E-state index contributed by atoms with van der Waals surface area (Å²) in [5.41, 5.74) is 4.38. The first-order chi connectivity index (χ1) is 24.2. The number of halogens is 1. The average molecular weight is 744 g/mol. The quantitative estimate of drug-likeness (QED) is 0.164. The van der Waals surface area contributed by atoms with E-state index in [1.54, 1.807) is 12.2 Å². The number of anilines is 2. The van der Waals surface area contributed by atoms with Crippen LogP contribution in [0.15, 0.2) is 89.4 Å². The largest absolute Gasteiger partial charge is 0.466 e. The van der Waals surface area contributed by atoms with E-state index in [-0.39, 0.29) is 23.7 Å². The van der Waals surface area contributed by atoms with Gasteiger partial charge in [0.1, 0.15) is 0 Å². The fourth-order valence-corrected chi connectivity index (χ4v) is 6.49. The number of rotatable bonds is 10. The molecular weight excluding hydrogens is 696 g/mol. The van der Waals surface area contributed by atoms with Gasteiger partial charge in [-0.05, 0) is 90.9 Å². The highest BCUT2D eigenvalue weighted by atomic mass is 79.9. The molecule has 2 aliphatic rings. The first-order valence-electron chi connectivity index (χ1n) is 17.3. The summed E-state index contributed by atoms with van der Waals surface area (Å²) in [4.78, 5) is 50.0. The van der Waals surface area contributed by atoms with E-state index in [9.17, 15) is 19.2 Å². The van der Waals surface area contributed by atoms with Crippen LogP contribution in [0, 0.1) is 11.8 Å². The van der Waals surface area contributed by atoms with Crippen LogP contribution in [0.5, 0.6) is 0 Å². The molecule has 0 bridgehead atoms. The minimum atomic E-state index is -0.402. The predicted octanol–water partition coefficient (Wildman–Crippen LogP) is 9.14. The molecule has 0 heterocycles.